The van der Waals surface area contributed by atoms with Crippen molar-refractivity contribution in [3.05, 3.63) is 35.1 Å². The second-order valence-corrected chi connectivity index (χ2v) is 5.19. The summed E-state index contributed by atoms with van der Waals surface area (Å²) in [5.74, 6) is 0.0216. The van der Waals surface area contributed by atoms with Gasteiger partial charge in [-0.3, -0.25) is 4.90 Å². The molecule has 0 amide bonds. The van der Waals surface area contributed by atoms with E-state index in [9.17, 15) is 4.39 Å². The van der Waals surface area contributed by atoms with Crippen molar-refractivity contribution >= 4 is 5.84 Å². The van der Waals surface area contributed by atoms with Gasteiger partial charge in [0, 0.05) is 25.3 Å². The lowest BCUT2D eigenvalue weighted by Crippen LogP contribution is -2.24. The van der Waals surface area contributed by atoms with E-state index in [4.69, 9.17) is 16.0 Å². The number of hydrogen-bond donors (Lipinski definition) is 3. The zero-order valence-electron chi connectivity index (χ0n) is 11.3. The fraction of sp³-hybridized carbons (Fsp3) is 0.500. The zero-order chi connectivity index (χ0) is 14.5. The van der Waals surface area contributed by atoms with Crippen LogP contribution in [0.15, 0.2) is 23.4 Å². The van der Waals surface area contributed by atoms with Gasteiger partial charge in [0.25, 0.3) is 0 Å². The first kappa shape index (κ1) is 14.7. The molecule has 1 aliphatic heterocycles. The van der Waals surface area contributed by atoms with Crippen LogP contribution in [-0.2, 0) is 6.54 Å². The lowest BCUT2D eigenvalue weighted by molar-refractivity contribution is 0.249. The SMILES string of the molecule is N/C(=N/O)c1cc(F)ccc1CN1CCC(CCO)C1. The third kappa shape index (κ3) is 3.46. The largest absolute Gasteiger partial charge is 0.409 e. The molecule has 110 valence electrons. The number of likely N-dealkylation sites (tertiary alicyclic amines) is 1. The molecule has 1 unspecified atom stereocenters. The van der Waals surface area contributed by atoms with Crippen LogP contribution in [0.1, 0.15) is 24.0 Å². The number of hydrogen-bond acceptors (Lipinski definition) is 4. The van der Waals surface area contributed by atoms with Crippen molar-refractivity contribution in [2.45, 2.75) is 19.4 Å². The average molecular weight is 281 g/mol. The molecule has 1 fully saturated rings. The number of rotatable bonds is 5. The van der Waals surface area contributed by atoms with E-state index in [2.05, 4.69) is 10.1 Å². The van der Waals surface area contributed by atoms with Gasteiger partial charge in [0.15, 0.2) is 5.84 Å². The Kier molecular flexibility index (Phi) is 4.92. The highest BCUT2D eigenvalue weighted by atomic mass is 19.1. The summed E-state index contributed by atoms with van der Waals surface area (Å²) >= 11 is 0. The highest BCUT2D eigenvalue weighted by Gasteiger charge is 2.23. The Hall–Kier alpha value is -1.66. The molecule has 5 nitrogen and oxygen atoms in total. The molecule has 1 aromatic carbocycles. The molecule has 6 heteroatoms. The molecule has 2 rings (SSSR count). The molecule has 0 aromatic heterocycles. The molecule has 4 N–H and O–H groups in total. The maximum Gasteiger partial charge on any atom is 0.170 e. The van der Waals surface area contributed by atoms with Crippen molar-refractivity contribution in [2.24, 2.45) is 16.8 Å². The van der Waals surface area contributed by atoms with E-state index in [0.29, 0.717) is 18.0 Å². The first-order valence-corrected chi connectivity index (χ1v) is 6.73. The van der Waals surface area contributed by atoms with Gasteiger partial charge in [-0.05, 0) is 43.0 Å². The first-order chi connectivity index (χ1) is 9.63. The minimum atomic E-state index is -0.407. The van der Waals surface area contributed by atoms with Crippen molar-refractivity contribution in [3.63, 3.8) is 0 Å². The van der Waals surface area contributed by atoms with E-state index in [-0.39, 0.29) is 12.4 Å². The van der Waals surface area contributed by atoms with Crippen LogP contribution in [0.4, 0.5) is 4.39 Å². The van der Waals surface area contributed by atoms with Gasteiger partial charge in [-0.1, -0.05) is 11.2 Å². The number of benzene rings is 1. The first-order valence-electron chi connectivity index (χ1n) is 6.73. The quantitative estimate of drug-likeness (QED) is 0.327. The molecule has 0 radical (unpaired) electrons. The number of halogens is 1. The Morgan fingerprint density at radius 2 is 2.30 bits per heavy atom. The fourth-order valence-corrected chi connectivity index (χ4v) is 2.69. The van der Waals surface area contributed by atoms with E-state index in [1.807, 2.05) is 0 Å². The van der Waals surface area contributed by atoms with E-state index < -0.39 is 5.82 Å². The Balaban J connectivity index is 2.10. The van der Waals surface area contributed by atoms with Gasteiger partial charge < -0.3 is 16.0 Å². The Morgan fingerprint density at radius 1 is 1.50 bits per heavy atom. The monoisotopic (exact) mass is 281 g/mol. The summed E-state index contributed by atoms with van der Waals surface area (Å²) in [6.07, 6.45) is 1.87. The van der Waals surface area contributed by atoms with Crippen LogP contribution in [0.25, 0.3) is 0 Å². The molecule has 0 aliphatic carbocycles. The molecule has 0 saturated carbocycles. The number of aliphatic hydroxyl groups excluding tert-OH is 1. The van der Waals surface area contributed by atoms with Gasteiger partial charge in [-0.2, -0.15) is 0 Å². The number of nitrogens with zero attached hydrogens (tertiary/aromatic N) is 2. The summed E-state index contributed by atoms with van der Waals surface area (Å²) in [4.78, 5) is 2.24. The van der Waals surface area contributed by atoms with E-state index in [0.717, 1.165) is 31.5 Å². The second-order valence-electron chi connectivity index (χ2n) is 5.19. The Bertz CT molecular complexity index is 493. The fourth-order valence-electron chi connectivity index (χ4n) is 2.69. The summed E-state index contributed by atoms with van der Waals surface area (Å²) in [6.45, 7) is 2.70. The van der Waals surface area contributed by atoms with Crippen molar-refractivity contribution in [3.8, 4) is 0 Å². The van der Waals surface area contributed by atoms with Gasteiger partial charge >= 0.3 is 0 Å². The number of nitrogens with two attached hydrogens (primary N) is 1. The maximum atomic E-state index is 13.3. The normalized spacial score (nSPS) is 20.5. The molecule has 20 heavy (non-hydrogen) atoms. The van der Waals surface area contributed by atoms with Gasteiger partial charge in [0.2, 0.25) is 0 Å². The van der Waals surface area contributed by atoms with Crippen LogP contribution in [0.2, 0.25) is 0 Å². The summed E-state index contributed by atoms with van der Waals surface area (Å²) < 4.78 is 13.3. The molecule has 0 spiro atoms. The number of oxime groups is 1. The zero-order valence-corrected chi connectivity index (χ0v) is 11.3. The minimum absolute atomic E-state index is 0.0781. The van der Waals surface area contributed by atoms with Gasteiger partial charge in [-0.15, -0.1) is 0 Å². The smallest absolute Gasteiger partial charge is 0.170 e. The van der Waals surface area contributed by atoms with Gasteiger partial charge in [-0.25, -0.2) is 4.39 Å². The molecular weight excluding hydrogens is 261 g/mol. The van der Waals surface area contributed by atoms with Crippen LogP contribution in [0, 0.1) is 11.7 Å². The molecule has 1 aliphatic rings. The van der Waals surface area contributed by atoms with Crippen LogP contribution < -0.4 is 5.73 Å². The van der Waals surface area contributed by atoms with Crippen LogP contribution in [0.5, 0.6) is 0 Å². The summed E-state index contributed by atoms with van der Waals surface area (Å²) in [7, 11) is 0. The topological polar surface area (TPSA) is 82.1 Å². The van der Waals surface area contributed by atoms with Crippen LogP contribution in [0.3, 0.4) is 0 Å². The van der Waals surface area contributed by atoms with E-state index >= 15 is 0 Å². The third-order valence-corrected chi connectivity index (χ3v) is 3.76. The molecular formula is C14H20FN3O2. The molecule has 0 bridgehead atoms. The lowest BCUT2D eigenvalue weighted by Gasteiger charge is -2.18. The lowest BCUT2D eigenvalue weighted by atomic mass is 10.1. The van der Waals surface area contributed by atoms with Gasteiger partial charge in [0.05, 0.1) is 0 Å². The highest BCUT2D eigenvalue weighted by Crippen LogP contribution is 2.22. The summed E-state index contributed by atoms with van der Waals surface area (Å²) in [5.41, 5.74) is 6.86. The summed E-state index contributed by atoms with van der Waals surface area (Å²) in [6, 6.07) is 4.33. The van der Waals surface area contributed by atoms with Crippen molar-refractivity contribution < 1.29 is 14.7 Å². The predicted molar refractivity (Wildman–Crippen MR) is 74.0 cm³/mol. The number of amidine groups is 1. The average Bonchev–Trinajstić information content (AvgIpc) is 2.88. The number of aliphatic hydroxyl groups is 1. The molecule has 1 atom stereocenters. The van der Waals surface area contributed by atoms with Crippen LogP contribution in [-0.4, -0.2) is 40.7 Å². The minimum Gasteiger partial charge on any atom is -0.409 e. The van der Waals surface area contributed by atoms with E-state index in [1.54, 1.807) is 6.07 Å². The Labute approximate surface area is 117 Å². The van der Waals surface area contributed by atoms with Crippen molar-refractivity contribution in [1.29, 1.82) is 0 Å². The van der Waals surface area contributed by atoms with Gasteiger partial charge in [0.1, 0.15) is 5.82 Å². The Morgan fingerprint density at radius 3 is 3.00 bits per heavy atom. The van der Waals surface area contributed by atoms with Crippen LogP contribution >= 0.6 is 0 Å². The molecule has 1 saturated heterocycles. The predicted octanol–water partition coefficient (Wildman–Crippen LogP) is 1.12. The maximum absolute atomic E-state index is 13.3. The molecule has 1 aromatic rings. The third-order valence-electron chi connectivity index (χ3n) is 3.76. The van der Waals surface area contributed by atoms with Crippen molar-refractivity contribution in [1.82, 2.24) is 4.90 Å². The highest BCUT2D eigenvalue weighted by molar-refractivity contribution is 5.98. The molecule has 1 heterocycles. The van der Waals surface area contributed by atoms with Crippen molar-refractivity contribution in [2.75, 3.05) is 19.7 Å². The standard InChI is InChI=1S/C14H20FN3O2/c15-12-2-1-11(13(7-12)14(16)17-20)9-18-5-3-10(8-18)4-6-19/h1-2,7,10,19-20H,3-6,8-9H2,(H2,16,17). The second kappa shape index (κ2) is 6.67. The van der Waals surface area contributed by atoms with E-state index in [1.165, 1.54) is 12.1 Å². The summed E-state index contributed by atoms with van der Waals surface area (Å²) in [5, 5.41) is 20.7.